The first kappa shape index (κ1) is 14.1. The summed E-state index contributed by atoms with van der Waals surface area (Å²) in [6.07, 6.45) is 2.55. The Morgan fingerprint density at radius 3 is 2.74 bits per heavy atom. The van der Waals surface area contributed by atoms with E-state index in [-0.39, 0.29) is 11.9 Å². The van der Waals surface area contributed by atoms with Gasteiger partial charge in [-0.3, -0.25) is 4.79 Å². The maximum absolute atomic E-state index is 12.7. The molecule has 104 valence electrons. The molecular formula is C16H23NO2. The van der Waals surface area contributed by atoms with Gasteiger partial charge in [-0.2, -0.15) is 0 Å². The van der Waals surface area contributed by atoms with E-state index in [0.717, 1.165) is 36.9 Å². The third-order valence-electron chi connectivity index (χ3n) is 3.98. The van der Waals surface area contributed by atoms with Crippen molar-refractivity contribution in [2.45, 2.75) is 52.2 Å². The highest BCUT2D eigenvalue weighted by Gasteiger charge is 2.30. The number of hydrogen-bond acceptors (Lipinski definition) is 2. The molecule has 0 saturated carbocycles. The average molecular weight is 261 g/mol. The minimum atomic E-state index is -0.463. The molecule has 0 aliphatic carbocycles. The van der Waals surface area contributed by atoms with E-state index in [0.29, 0.717) is 0 Å². The summed E-state index contributed by atoms with van der Waals surface area (Å²) in [5, 5.41) is 9.86. The van der Waals surface area contributed by atoms with Crippen molar-refractivity contribution >= 4 is 5.91 Å². The molecule has 1 heterocycles. The molecule has 19 heavy (non-hydrogen) atoms. The molecule has 2 atom stereocenters. The Morgan fingerprint density at radius 2 is 2.11 bits per heavy atom. The maximum Gasteiger partial charge on any atom is 0.254 e. The highest BCUT2D eigenvalue weighted by atomic mass is 16.3. The SMILES string of the molecule is Cc1ccc(C(=O)N2CCCC[C@H]2[C@@H](C)O)c(C)c1. The first-order chi connectivity index (χ1) is 9.00. The monoisotopic (exact) mass is 261 g/mol. The normalized spacial score (nSPS) is 21.3. The van der Waals surface area contributed by atoms with Crippen LogP contribution in [0, 0.1) is 13.8 Å². The Balaban J connectivity index is 2.26. The molecule has 3 heteroatoms. The molecule has 1 aromatic rings. The van der Waals surface area contributed by atoms with E-state index in [1.54, 1.807) is 6.92 Å². The minimum Gasteiger partial charge on any atom is -0.391 e. The van der Waals surface area contributed by atoms with E-state index >= 15 is 0 Å². The van der Waals surface area contributed by atoms with Crippen LogP contribution in [0.3, 0.4) is 0 Å². The number of likely N-dealkylation sites (tertiary alicyclic amines) is 1. The van der Waals surface area contributed by atoms with Crippen LogP contribution in [-0.4, -0.2) is 34.6 Å². The highest BCUT2D eigenvalue weighted by molar-refractivity contribution is 5.96. The number of aliphatic hydroxyl groups is 1. The third-order valence-corrected chi connectivity index (χ3v) is 3.98. The van der Waals surface area contributed by atoms with Gasteiger partial charge in [0.1, 0.15) is 0 Å². The van der Waals surface area contributed by atoms with Gasteiger partial charge in [-0.15, -0.1) is 0 Å². The molecule has 0 bridgehead atoms. The fourth-order valence-corrected chi connectivity index (χ4v) is 2.92. The van der Waals surface area contributed by atoms with Crippen LogP contribution >= 0.6 is 0 Å². The quantitative estimate of drug-likeness (QED) is 0.889. The molecule has 1 fully saturated rings. The van der Waals surface area contributed by atoms with Crippen molar-refractivity contribution in [3.05, 3.63) is 34.9 Å². The lowest BCUT2D eigenvalue weighted by Crippen LogP contribution is -2.49. The molecular weight excluding hydrogens is 238 g/mol. The number of carbonyl (C=O) groups excluding carboxylic acids is 1. The van der Waals surface area contributed by atoms with E-state index in [2.05, 4.69) is 0 Å². The summed E-state index contributed by atoms with van der Waals surface area (Å²) in [5.41, 5.74) is 2.94. The van der Waals surface area contributed by atoms with Crippen LogP contribution in [0.2, 0.25) is 0 Å². The van der Waals surface area contributed by atoms with Gasteiger partial charge in [0.25, 0.3) is 5.91 Å². The number of carbonyl (C=O) groups is 1. The molecule has 2 rings (SSSR count). The van der Waals surface area contributed by atoms with Gasteiger partial charge in [0.05, 0.1) is 12.1 Å². The van der Waals surface area contributed by atoms with Crippen LogP contribution in [0.5, 0.6) is 0 Å². The van der Waals surface area contributed by atoms with Crippen molar-refractivity contribution in [2.24, 2.45) is 0 Å². The highest BCUT2D eigenvalue weighted by Crippen LogP contribution is 2.23. The average Bonchev–Trinajstić information content (AvgIpc) is 2.38. The fraction of sp³-hybridized carbons (Fsp3) is 0.562. The molecule has 1 aliphatic rings. The third kappa shape index (κ3) is 2.98. The number of benzene rings is 1. The van der Waals surface area contributed by atoms with E-state index in [9.17, 15) is 9.90 Å². The van der Waals surface area contributed by atoms with Gasteiger partial charge in [0, 0.05) is 12.1 Å². The molecule has 1 amide bonds. The van der Waals surface area contributed by atoms with E-state index in [1.165, 1.54) is 5.56 Å². The number of nitrogens with zero attached hydrogens (tertiary/aromatic N) is 1. The molecule has 1 aliphatic heterocycles. The van der Waals surface area contributed by atoms with Crippen molar-refractivity contribution < 1.29 is 9.90 Å². The van der Waals surface area contributed by atoms with Crippen LogP contribution in [0.25, 0.3) is 0 Å². The molecule has 0 spiro atoms. The van der Waals surface area contributed by atoms with Gasteiger partial charge in [-0.05, 0) is 51.7 Å². The molecule has 3 nitrogen and oxygen atoms in total. The Morgan fingerprint density at radius 1 is 1.37 bits per heavy atom. The summed E-state index contributed by atoms with van der Waals surface area (Å²) < 4.78 is 0. The lowest BCUT2D eigenvalue weighted by molar-refractivity contribution is 0.0280. The molecule has 1 N–H and O–H groups in total. The Kier molecular flexibility index (Phi) is 4.25. The van der Waals surface area contributed by atoms with Crippen molar-refractivity contribution in [3.8, 4) is 0 Å². The Hall–Kier alpha value is -1.35. The summed E-state index contributed by atoms with van der Waals surface area (Å²) in [4.78, 5) is 14.5. The predicted molar refractivity (Wildman–Crippen MR) is 76.3 cm³/mol. The summed E-state index contributed by atoms with van der Waals surface area (Å²) >= 11 is 0. The molecule has 1 aromatic carbocycles. The number of piperidine rings is 1. The first-order valence-electron chi connectivity index (χ1n) is 7.07. The summed E-state index contributed by atoms with van der Waals surface area (Å²) in [7, 11) is 0. The fourth-order valence-electron chi connectivity index (χ4n) is 2.92. The van der Waals surface area contributed by atoms with Crippen LogP contribution < -0.4 is 0 Å². The van der Waals surface area contributed by atoms with E-state index < -0.39 is 6.10 Å². The van der Waals surface area contributed by atoms with Gasteiger partial charge in [0.2, 0.25) is 0 Å². The Labute approximate surface area is 115 Å². The number of amides is 1. The Bertz CT molecular complexity index is 468. The van der Waals surface area contributed by atoms with E-state index in [4.69, 9.17) is 0 Å². The number of aliphatic hydroxyl groups excluding tert-OH is 1. The standard InChI is InChI=1S/C16H23NO2/c1-11-7-8-14(12(2)10-11)16(19)17-9-5-4-6-15(17)13(3)18/h7-8,10,13,15,18H,4-6,9H2,1-3H3/t13-,15+/m1/s1. The molecule has 1 saturated heterocycles. The van der Waals surface area contributed by atoms with E-state index in [1.807, 2.05) is 36.9 Å². The topological polar surface area (TPSA) is 40.5 Å². The molecule has 0 aromatic heterocycles. The number of rotatable bonds is 2. The summed E-state index contributed by atoms with van der Waals surface area (Å²) in [6.45, 7) is 6.53. The van der Waals surface area contributed by atoms with Crippen molar-refractivity contribution in [1.29, 1.82) is 0 Å². The lowest BCUT2D eigenvalue weighted by Gasteiger charge is -2.37. The second-order valence-corrected chi connectivity index (χ2v) is 5.62. The smallest absolute Gasteiger partial charge is 0.254 e. The second-order valence-electron chi connectivity index (χ2n) is 5.62. The van der Waals surface area contributed by atoms with Crippen molar-refractivity contribution in [2.75, 3.05) is 6.54 Å². The predicted octanol–water partition coefficient (Wildman–Crippen LogP) is 2.68. The second kappa shape index (κ2) is 5.74. The number of aryl methyl sites for hydroxylation is 2. The van der Waals surface area contributed by atoms with Gasteiger partial charge >= 0.3 is 0 Å². The van der Waals surface area contributed by atoms with Crippen molar-refractivity contribution in [3.63, 3.8) is 0 Å². The molecule has 0 unspecified atom stereocenters. The summed E-state index contributed by atoms with van der Waals surface area (Å²) in [6, 6.07) is 5.87. The molecule has 0 radical (unpaired) electrons. The minimum absolute atomic E-state index is 0.0399. The van der Waals surface area contributed by atoms with Gasteiger partial charge in [-0.1, -0.05) is 17.7 Å². The first-order valence-corrected chi connectivity index (χ1v) is 7.07. The van der Waals surface area contributed by atoms with Crippen LogP contribution in [0.4, 0.5) is 0 Å². The number of hydrogen-bond donors (Lipinski definition) is 1. The maximum atomic E-state index is 12.7. The van der Waals surface area contributed by atoms with Crippen molar-refractivity contribution in [1.82, 2.24) is 4.90 Å². The van der Waals surface area contributed by atoms with Crippen LogP contribution in [0.1, 0.15) is 47.7 Å². The van der Waals surface area contributed by atoms with Gasteiger partial charge < -0.3 is 10.0 Å². The van der Waals surface area contributed by atoms with Crippen LogP contribution in [-0.2, 0) is 0 Å². The zero-order valence-corrected chi connectivity index (χ0v) is 12.0. The zero-order chi connectivity index (χ0) is 14.0. The summed E-state index contributed by atoms with van der Waals surface area (Å²) in [5.74, 6) is 0.0584. The van der Waals surface area contributed by atoms with Crippen LogP contribution in [0.15, 0.2) is 18.2 Å². The zero-order valence-electron chi connectivity index (χ0n) is 12.0. The largest absolute Gasteiger partial charge is 0.391 e. The van der Waals surface area contributed by atoms with Gasteiger partial charge in [-0.25, -0.2) is 0 Å². The van der Waals surface area contributed by atoms with Gasteiger partial charge in [0.15, 0.2) is 0 Å². The lowest BCUT2D eigenvalue weighted by atomic mass is 9.96.